The molecule has 0 atom stereocenters. The minimum atomic E-state index is -3.75. The van der Waals surface area contributed by atoms with Gasteiger partial charge in [0.15, 0.2) is 0 Å². The summed E-state index contributed by atoms with van der Waals surface area (Å²) in [6, 6.07) is 5.76. The van der Waals surface area contributed by atoms with Crippen LogP contribution in [0.2, 0.25) is 5.02 Å². The Bertz CT molecular complexity index is 997. The van der Waals surface area contributed by atoms with E-state index in [0.29, 0.717) is 13.1 Å². The molecule has 1 aliphatic rings. The predicted molar refractivity (Wildman–Crippen MR) is 108 cm³/mol. The lowest BCUT2D eigenvalue weighted by Crippen LogP contribution is -2.36. The zero-order valence-electron chi connectivity index (χ0n) is 15.1. The van der Waals surface area contributed by atoms with Crippen LogP contribution in [0.5, 0.6) is 0 Å². The lowest BCUT2D eigenvalue weighted by Gasteiger charge is -2.25. The number of benzene rings is 1. The number of halogens is 1. The molecular formula is C18H19ClN2O5S2. The number of nitrogens with one attached hydrogen (secondary N) is 1. The van der Waals surface area contributed by atoms with Gasteiger partial charge in [0.25, 0.3) is 5.91 Å². The van der Waals surface area contributed by atoms with Gasteiger partial charge >= 0.3 is 5.97 Å². The molecule has 1 fully saturated rings. The molecule has 28 heavy (non-hydrogen) atoms. The van der Waals surface area contributed by atoms with Gasteiger partial charge < -0.3 is 10.1 Å². The van der Waals surface area contributed by atoms with Crippen molar-refractivity contribution in [2.45, 2.75) is 24.2 Å². The number of hydrogen-bond acceptors (Lipinski definition) is 6. The van der Waals surface area contributed by atoms with E-state index in [1.165, 1.54) is 35.7 Å². The van der Waals surface area contributed by atoms with Crippen LogP contribution in [0.1, 0.15) is 39.3 Å². The molecule has 0 aliphatic carbocycles. The van der Waals surface area contributed by atoms with Crippen LogP contribution >= 0.6 is 22.9 Å². The van der Waals surface area contributed by atoms with Crippen molar-refractivity contribution in [2.75, 3.05) is 25.5 Å². The average Bonchev–Trinajstić information content (AvgIpc) is 3.20. The Morgan fingerprint density at radius 1 is 1.18 bits per heavy atom. The van der Waals surface area contributed by atoms with Crippen LogP contribution in [0.4, 0.5) is 5.69 Å². The van der Waals surface area contributed by atoms with E-state index in [2.05, 4.69) is 10.1 Å². The molecule has 1 amide bonds. The van der Waals surface area contributed by atoms with Gasteiger partial charge in [-0.15, -0.1) is 11.3 Å². The van der Waals surface area contributed by atoms with Crippen molar-refractivity contribution in [3.8, 4) is 0 Å². The standard InChI is InChI=1S/C18H19ClN2O5S2/c1-26-18(23)12-5-6-13(19)14(11-12)20-17(22)16-15(7-10-27-16)28(24,25)21-8-3-2-4-9-21/h5-7,10-11H,2-4,8-9H2,1H3,(H,20,22). The summed E-state index contributed by atoms with van der Waals surface area (Å²) in [5, 5.41) is 4.38. The molecule has 0 bridgehead atoms. The van der Waals surface area contributed by atoms with Crippen LogP contribution in [0.3, 0.4) is 0 Å². The highest BCUT2D eigenvalue weighted by Crippen LogP contribution is 2.30. The number of hydrogen-bond donors (Lipinski definition) is 1. The first-order valence-electron chi connectivity index (χ1n) is 8.61. The number of carbonyl (C=O) groups is 2. The Morgan fingerprint density at radius 3 is 2.57 bits per heavy atom. The third-order valence-corrected chi connectivity index (χ3v) is 7.72. The minimum Gasteiger partial charge on any atom is -0.465 e. The number of anilines is 1. The van der Waals surface area contributed by atoms with Gasteiger partial charge in [0.05, 0.1) is 23.4 Å². The molecule has 2 aromatic rings. The fourth-order valence-corrected chi connectivity index (χ4v) is 5.93. The van der Waals surface area contributed by atoms with Crippen molar-refractivity contribution in [1.82, 2.24) is 4.31 Å². The van der Waals surface area contributed by atoms with Gasteiger partial charge in [-0.05, 0) is 42.5 Å². The first kappa shape index (κ1) is 20.8. The predicted octanol–water partition coefficient (Wildman–Crippen LogP) is 3.62. The van der Waals surface area contributed by atoms with Gasteiger partial charge in [-0.1, -0.05) is 18.0 Å². The maximum Gasteiger partial charge on any atom is 0.337 e. The number of sulfonamides is 1. The fourth-order valence-electron chi connectivity index (χ4n) is 2.96. The first-order chi connectivity index (χ1) is 13.3. The van der Waals surface area contributed by atoms with Crippen LogP contribution in [-0.4, -0.2) is 44.8 Å². The van der Waals surface area contributed by atoms with Gasteiger partial charge in [0, 0.05) is 13.1 Å². The molecule has 10 heteroatoms. The Kier molecular flexibility index (Phi) is 6.39. The summed E-state index contributed by atoms with van der Waals surface area (Å²) in [5.41, 5.74) is 0.416. The number of rotatable bonds is 5. The number of carbonyl (C=O) groups excluding carboxylic acids is 2. The molecule has 3 rings (SSSR count). The Morgan fingerprint density at radius 2 is 1.89 bits per heavy atom. The normalized spacial score (nSPS) is 15.2. The number of methoxy groups -OCH3 is 1. The zero-order chi connectivity index (χ0) is 20.3. The maximum atomic E-state index is 12.9. The summed E-state index contributed by atoms with van der Waals surface area (Å²) in [7, 11) is -2.50. The SMILES string of the molecule is COC(=O)c1ccc(Cl)c(NC(=O)c2sccc2S(=O)(=O)N2CCCCC2)c1. The lowest BCUT2D eigenvalue weighted by molar-refractivity contribution is 0.0600. The quantitative estimate of drug-likeness (QED) is 0.714. The molecule has 1 N–H and O–H groups in total. The smallest absolute Gasteiger partial charge is 0.337 e. The van der Waals surface area contributed by atoms with Gasteiger partial charge in [-0.2, -0.15) is 4.31 Å². The van der Waals surface area contributed by atoms with E-state index < -0.39 is 21.9 Å². The summed E-state index contributed by atoms with van der Waals surface area (Å²) in [6.07, 6.45) is 2.61. The Labute approximate surface area is 172 Å². The van der Waals surface area contributed by atoms with Gasteiger partial charge in [0.2, 0.25) is 10.0 Å². The molecule has 0 spiro atoms. The number of ether oxygens (including phenoxy) is 1. The lowest BCUT2D eigenvalue weighted by atomic mass is 10.2. The summed E-state index contributed by atoms with van der Waals surface area (Å²) in [4.78, 5) is 24.5. The second-order valence-electron chi connectivity index (χ2n) is 6.22. The van der Waals surface area contributed by atoms with Crippen LogP contribution in [0.25, 0.3) is 0 Å². The topological polar surface area (TPSA) is 92.8 Å². The molecule has 7 nitrogen and oxygen atoms in total. The van der Waals surface area contributed by atoms with E-state index in [1.807, 2.05) is 0 Å². The van der Waals surface area contributed by atoms with Crippen molar-refractivity contribution in [3.05, 3.63) is 45.1 Å². The molecule has 1 saturated heterocycles. The number of thiophene rings is 1. The molecular weight excluding hydrogens is 424 g/mol. The summed E-state index contributed by atoms with van der Waals surface area (Å²) >= 11 is 7.15. The molecule has 1 aromatic heterocycles. The van der Waals surface area contributed by atoms with E-state index in [0.717, 1.165) is 30.6 Å². The van der Waals surface area contributed by atoms with Crippen molar-refractivity contribution >= 4 is 50.5 Å². The maximum absolute atomic E-state index is 12.9. The molecule has 0 saturated carbocycles. The minimum absolute atomic E-state index is 0.0165. The van der Waals surface area contributed by atoms with Crippen molar-refractivity contribution in [3.63, 3.8) is 0 Å². The molecule has 150 valence electrons. The first-order valence-corrected chi connectivity index (χ1v) is 11.3. The molecule has 0 radical (unpaired) electrons. The van der Waals surface area contributed by atoms with Crippen LogP contribution in [-0.2, 0) is 14.8 Å². The third kappa shape index (κ3) is 4.22. The van der Waals surface area contributed by atoms with Crippen LogP contribution in [0.15, 0.2) is 34.5 Å². The summed E-state index contributed by atoms with van der Waals surface area (Å²) in [5.74, 6) is -1.17. The van der Waals surface area contributed by atoms with Gasteiger partial charge in [0.1, 0.15) is 9.77 Å². The van der Waals surface area contributed by atoms with E-state index in [1.54, 1.807) is 5.38 Å². The highest BCUT2D eigenvalue weighted by atomic mass is 35.5. The van der Waals surface area contributed by atoms with Gasteiger partial charge in [-0.3, -0.25) is 4.79 Å². The summed E-state index contributed by atoms with van der Waals surface area (Å²) < 4.78 is 32.0. The van der Waals surface area contributed by atoms with Crippen LogP contribution in [0, 0.1) is 0 Å². The number of amides is 1. The second kappa shape index (κ2) is 8.60. The van der Waals surface area contributed by atoms with Crippen molar-refractivity contribution < 1.29 is 22.7 Å². The number of esters is 1. The molecule has 1 aliphatic heterocycles. The number of piperidine rings is 1. The monoisotopic (exact) mass is 442 g/mol. The zero-order valence-corrected chi connectivity index (χ0v) is 17.5. The highest BCUT2D eigenvalue weighted by molar-refractivity contribution is 7.89. The van der Waals surface area contributed by atoms with Crippen molar-refractivity contribution in [2.24, 2.45) is 0 Å². The summed E-state index contributed by atoms with van der Waals surface area (Å²) in [6.45, 7) is 0.901. The van der Waals surface area contributed by atoms with Crippen molar-refractivity contribution in [1.29, 1.82) is 0 Å². The molecule has 1 aromatic carbocycles. The largest absolute Gasteiger partial charge is 0.465 e. The fraction of sp³-hybridized carbons (Fsp3) is 0.333. The highest BCUT2D eigenvalue weighted by Gasteiger charge is 2.31. The van der Waals surface area contributed by atoms with E-state index in [-0.39, 0.29) is 26.0 Å². The third-order valence-electron chi connectivity index (χ3n) is 4.40. The van der Waals surface area contributed by atoms with E-state index in [4.69, 9.17) is 11.6 Å². The van der Waals surface area contributed by atoms with E-state index >= 15 is 0 Å². The number of nitrogens with zero attached hydrogens (tertiary/aromatic N) is 1. The molecule has 0 unspecified atom stereocenters. The Hall–Kier alpha value is -1.94. The second-order valence-corrected chi connectivity index (χ2v) is 9.45. The van der Waals surface area contributed by atoms with Gasteiger partial charge in [-0.25, -0.2) is 13.2 Å². The average molecular weight is 443 g/mol. The van der Waals surface area contributed by atoms with Crippen LogP contribution < -0.4 is 5.32 Å². The Balaban J connectivity index is 1.87. The van der Waals surface area contributed by atoms with E-state index in [9.17, 15) is 18.0 Å². The molecule has 2 heterocycles.